The van der Waals surface area contributed by atoms with Gasteiger partial charge in [0, 0.05) is 1.43 Å². The first-order chi connectivity index (χ1) is 10.0. The average molecular weight is 309 g/mol. The molecule has 0 aromatic carbocycles. The number of hydrogen-bond donors (Lipinski definition) is 0. The maximum absolute atomic E-state index is 2.00. The van der Waals surface area contributed by atoms with Crippen molar-refractivity contribution in [2.75, 3.05) is 0 Å². The second-order valence-electron chi connectivity index (χ2n) is 4.24. The minimum Gasteiger partial charge on any atom is -0.412 e. The van der Waals surface area contributed by atoms with Crippen LogP contribution in [-0.4, -0.2) is 5.48 Å². The van der Waals surface area contributed by atoms with Crippen molar-refractivity contribution in [2.24, 2.45) is 0 Å². The molecule has 1 heteroatoms. The summed E-state index contributed by atoms with van der Waals surface area (Å²) in [6, 6.07) is 0. The van der Waals surface area contributed by atoms with Crippen LogP contribution < -0.4 is 0 Å². The van der Waals surface area contributed by atoms with Crippen molar-refractivity contribution in [1.82, 2.24) is 0 Å². The molecule has 0 aromatic heterocycles. The molecule has 2 N–H and O–H groups in total. The van der Waals surface area contributed by atoms with E-state index in [0.29, 0.717) is 0 Å². The fourth-order valence-corrected chi connectivity index (χ4v) is 2.12. The molecule has 0 aliphatic heterocycles. The smallest absolute Gasteiger partial charge is 0 e. The molecule has 0 saturated heterocycles. The summed E-state index contributed by atoms with van der Waals surface area (Å²) in [6.07, 6.45) is 18.0. The first-order valence-corrected chi connectivity index (χ1v) is 10.0. The van der Waals surface area contributed by atoms with E-state index in [0.717, 1.165) is 0 Å². The summed E-state index contributed by atoms with van der Waals surface area (Å²) in [5.74, 6) is 0. The zero-order chi connectivity index (χ0) is 16.5. The molecule has 0 heterocycles. The van der Waals surface area contributed by atoms with Crippen molar-refractivity contribution in [1.29, 1.82) is 0 Å². The van der Waals surface area contributed by atoms with Crippen molar-refractivity contribution in [3.05, 3.63) is 0 Å². The highest BCUT2D eigenvalue weighted by atomic mass is 16.0. The molecule has 2 fully saturated rings. The summed E-state index contributed by atoms with van der Waals surface area (Å²) in [4.78, 5) is 0. The van der Waals surface area contributed by atoms with Gasteiger partial charge in [-0.05, 0) is 0 Å². The summed E-state index contributed by atoms with van der Waals surface area (Å²) in [7, 11) is 0. The first-order valence-electron chi connectivity index (χ1n) is 10.0. The van der Waals surface area contributed by atoms with Crippen LogP contribution in [-0.2, 0) is 0 Å². The lowest BCUT2D eigenvalue weighted by atomic mass is 10.0. The molecule has 0 bridgehead atoms. The van der Waals surface area contributed by atoms with E-state index in [1.165, 1.54) is 77.0 Å². The third-order valence-electron chi connectivity index (χ3n) is 3.00. The summed E-state index contributed by atoms with van der Waals surface area (Å²) in [6.45, 7) is 16.0. The third-order valence-corrected chi connectivity index (χ3v) is 3.00. The van der Waals surface area contributed by atoms with Crippen molar-refractivity contribution < 1.29 is 6.90 Å². The van der Waals surface area contributed by atoms with Crippen LogP contribution in [0.3, 0.4) is 0 Å². The van der Waals surface area contributed by atoms with Crippen LogP contribution >= 0.6 is 0 Å². The van der Waals surface area contributed by atoms with Crippen LogP contribution in [0.5, 0.6) is 0 Å². The van der Waals surface area contributed by atoms with E-state index in [-0.39, 0.29) is 6.90 Å². The second kappa shape index (κ2) is 50.2. The molecule has 0 unspecified atom stereocenters. The largest absolute Gasteiger partial charge is 0.412 e. The molecule has 0 spiro atoms. The molecule has 0 radical (unpaired) electrons. The van der Waals surface area contributed by atoms with Gasteiger partial charge in [-0.2, -0.15) is 0 Å². The van der Waals surface area contributed by atoms with Gasteiger partial charge in [-0.1, -0.05) is 132 Å². The van der Waals surface area contributed by atoms with Gasteiger partial charge >= 0.3 is 0 Å². The maximum atomic E-state index is 2.00. The van der Waals surface area contributed by atoms with Crippen LogP contribution in [0.25, 0.3) is 0 Å². The van der Waals surface area contributed by atoms with Crippen LogP contribution in [0.2, 0.25) is 0 Å². The van der Waals surface area contributed by atoms with E-state index in [1.807, 2.05) is 55.4 Å². The molecular weight excluding hydrogens is 256 g/mol. The van der Waals surface area contributed by atoms with Gasteiger partial charge in [0.05, 0.1) is 0 Å². The fraction of sp³-hybridized carbons (Fsp3) is 1.00. The van der Waals surface area contributed by atoms with E-state index >= 15 is 0 Å². The topological polar surface area (TPSA) is 31.5 Å². The van der Waals surface area contributed by atoms with E-state index in [9.17, 15) is 0 Å². The highest BCUT2D eigenvalue weighted by Gasteiger charge is 1.96. The molecule has 1 nitrogen and oxygen atoms in total. The Morgan fingerprint density at radius 1 is 0.286 bits per heavy atom. The lowest BCUT2D eigenvalue weighted by molar-refractivity contribution is 0.504. The molecule has 2 aliphatic rings. The van der Waals surface area contributed by atoms with Gasteiger partial charge in [0.2, 0.25) is 0 Å². The SMILES string of the molecule is C1CCCCC1.C1CCCCC1.CC.CC.CC.CC.O.[HH]. The van der Waals surface area contributed by atoms with Gasteiger partial charge in [-0.15, -0.1) is 0 Å². The molecule has 2 aliphatic carbocycles. The lowest BCUT2D eigenvalue weighted by Crippen LogP contribution is -1.85. The average Bonchev–Trinajstić information content (AvgIpc) is 2.65. The standard InChI is InChI=1S/2C6H12.4C2H6.H2O.H2/c2*1-2-4-6-5-3-1;4*1-2;;/h2*1-6H2;4*1-2H3;1H2;1H. The monoisotopic (exact) mass is 308 g/mol. The number of rotatable bonds is 0. The Balaban J connectivity index is -0.0000000380. The third kappa shape index (κ3) is 45.0. The van der Waals surface area contributed by atoms with E-state index < -0.39 is 0 Å². The van der Waals surface area contributed by atoms with Crippen LogP contribution in [0.1, 0.15) is 134 Å². The van der Waals surface area contributed by atoms with E-state index in [1.54, 1.807) is 0 Å². The molecule has 2 saturated carbocycles. The molecular formula is C20H52O. The number of hydrogen-bond acceptors (Lipinski definition) is 0. The second-order valence-corrected chi connectivity index (χ2v) is 4.24. The minimum atomic E-state index is 0. The van der Waals surface area contributed by atoms with Crippen molar-refractivity contribution >= 4 is 0 Å². The van der Waals surface area contributed by atoms with Gasteiger partial charge in [0.25, 0.3) is 0 Å². The molecule has 0 aromatic rings. The minimum absolute atomic E-state index is 0. The highest BCUT2D eigenvalue weighted by molar-refractivity contribution is 4.51. The van der Waals surface area contributed by atoms with Gasteiger partial charge in [0.1, 0.15) is 0 Å². The van der Waals surface area contributed by atoms with Gasteiger partial charge in [-0.3, -0.25) is 0 Å². The molecule has 2 rings (SSSR count). The van der Waals surface area contributed by atoms with E-state index in [2.05, 4.69) is 0 Å². The first kappa shape index (κ1) is 32.8. The maximum Gasteiger partial charge on any atom is 0 e. The summed E-state index contributed by atoms with van der Waals surface area (Å²) >= 11 is 0. The Morgan fingerprint density at radius 2 is 0.333 bits per heavy atom. The van der Waals surface area contributed by atoms with Gasteiger partial charge in [0.15, 0.2) is 0 Å². The van der Waals surface area contributed by atoms with Crippen molar-refractivity contribution in [3.8, 4) is 0 Å². The molecule has 0 amide bonds. The predicted molar refractivity (Wildman–Crippen MR) is 107 cm³/mol. The quantitative estimate of drug-likeness (QED) is 0.432. The zero-order valence-corrected chi connectivity index (χ0v) is 17.0. The summed E-state index contributed by atoms with van der Waals surface area (Å²) in [5.41, 5.74) is 0. The van der Waals surface area contributed by atoms with Crippen molar-refractivity contribution in [3.63, 3.8) is 0 Å². The van der Waals surface area contributed by atoms with Crippen LogP contribution in [0.15, 0.2) is 0 Å². The van der Waals surface area contributed by atoms with Gasteiger partial charge < -0.3 is 5.48 Å². The Morgan fingerprint density at radius 3 is 0.381 bits per heavy atom. The predicted octanol–water partition coefficient (Wildman–Crippen LogP) is 8.21. The van der Waals surface area contributed by atoms with E-state index in [4.69, 9.17) is 0 Å². The van der Waals surface area contributed by atoms with Crippen molar-refractivity contribution in [2.45, 2.75) is 132 Å². The molecule has 21 heavy (non-hydrogen) atoms. The zero-order valence-electron chi connectivity index (χ0n) is 17.0. The molecule has 0 atom stereocenters. The Kier molecular flexibility index (Phi) is 78.3. The normalized spacial score (nSPS) is 14.9. The van der Waals surface area contributed by atoms with Crippen LogP contribution in [0, 0.1) is 0 Å². The fourth-order valence-electron chi connectivity index (χ4n) is 2.12. The molecule has 138 valence electrons. The lowest BCUT2D eigenvalue weighted by Gasteiger charge is -2.05. The van der Waals surface area contributed by atoms with Gasteiger partial charge in [-0.25, -0.2) is 0 Å². The Hall–Kier alpha value is -0.0400. The summed E-state index contributed by atoms with van der Waals surface area (Å²) in [5, 5.41) is 0. The highest BCUT2D eigenvalue weighted by Crippen LogP contribution is 2.15. The van der Waals surface area contributed by atoms with Crippen LogP contribution in [0.4, 0.5) is 0 Å². The Bertz CT molecular complexity index is 54.7. The Labute approximate surface area is 140 Å². The summed E-state index contributed by atoms with van der Waals surface area (Å²) < 4.78 is 0.